The molecule has 1 aliphatic rings. The molecule has 0 radical (unpaired) electrons. The summed E-state index contributed by atoms with van der Waals surface area (Å²) in [6.07, 6.45) is 3.06. The second-order valence-corrected chi connectivity index (χ2v) is 9.49. The van der Waals surface area contributed by atoms with E-state index in [-0.39, 0.29) is 11.6 Å². The number of fused-ring (bicyclic) bond motifs is 1. The van der Waals surface area contributed by atoms with Crippen molar-refractivity contribution in [3.05, 3.63) is 82.2 Å². The van der Waals surface area contributed by atoms with Gasteiger partial charge >= 0.3 is 0 Å². The number of nitrogens with zero attached hydrogens (tertiary/aromatic N) is 4. The molecule has 2 N–H and O–H groups in total. The fourth-order valence-corrected chi connectivity index (χ4v) is 4.66. The van der Waals surface area contributed by atoms with Crippen LogP contribution < -0.4 is 10.9 Å². The quantitative estimate of drug-likeness (QED) is 0.520. The summed E-state index contributed by atoms with van der Waals surface area (Å²) in [5, 5.41) is 15.1. The second kappa shape index (κ2) is 9.84. The maximum atomic E-state index is 12.8. The second-order valence-electron chi connectivity index (χ2n) is 9.49. The van der Waals surface area contributed by atoms with E-state index in [9.17, 15) is 9.90 Å². The van der Waals surface area contributed by atoms with Crippen LogP contribution in [0.25, 0.3) is 15.7 Å². The van der Waals surface area contributed by atoms with Crippen LogP contribution in [0.1, 0.15) is 32.3 Å². The molecule has 2 heterocycles. The Bertz CT molecular complexity index is 1210. The molecule has 0 saturated carbocycles. The minimum absolute atomic E-state index is 0.0559. The molecule has 4 rings (SSSR count). The zero-order valence-corrected chi connectivity index (χ0v) is 19.2. The Morgan fingerprint density at radius 3 is 2.91 bits per heavy atom. The van der Waals surface area contributed by atoms with E-state index in [2.05, 4.69) is 20.0 Å². The van der Waals surface area contributed by atoms with Crippen LogP contribution in [0.2, 0.25) is 0 Å². The van der Waals surface area contributed by atoms with Crippen molar-refractivity contribution in [1.29, 1.82) is 0 Å². The average molecular weight is 446 g/mol. The average Bonchev–Trinajstić information content (AvgIpc) is 3.28. The Morgan fingerprint density at radius 1 is 1.27 bits per heavy atom. The standard InChI is InChI=1S/C26H31N5O2/c1-26(2,17-31-18-28-22-11-5-4-10-21(22)25(31)33)29-15-24(32)23-12-7-13-30(23)16-19-8-6-9-20(14-19)27-3/h4-6,8-11,14,18,23-24,29,32H,7,12-13,15-17H2,1-2H3. The number of nitrogens with one attached hydrogen (secondary N) is 1. The number of benzene rings is 2. The molecule has 1 aliphatic heterocycles. The van der Waals surface area contributed by atoms with Gasteiger partial charge < -0.3 is 10.4 Å². The van der Waals surface area contributed by atoms with Crippen LogP contribution in [-0.2, 0) is 13.1 Å². The summed E-state index contributed by atoms with van der Waals surface area (Å²) in [6.45, 7) is 13.8. The summed E-state index contributed by atoms with van der Waals surface area (Å²) in [5.74, 6) is 0. The summed E-state index contributed by atoms with van der Waals surface area (Å²) in [4.78, 5) is 23.1. The Balaban J connectivity index is 1.38. The summed E-state index contributed by atoms with van der Waals surface area (Å²) in [5.41, 5.74) is 1.98. The van der Waals surface area contributed by atoms with Crippen LogP contribution in [0.5, 0.6) is 0 Å². The Morgan fingerprint density at radius 2 is 2.09 bits per heavy atom. The van der Waals surface area contributed by atoms with Crippen molar-refractivity contribution in [2.75, 3.05) is 13.1 Å². The highest BCUT2D eigenvalue weighted by atomic mass is 16.3. The molecule has 33 heavy (non-hydrogen) atoms. The zero-order chi connectivity index (χ0) is 23.4. The van der Waals surface area contributed by atoms with Crippen LogP contribution in [0.15, 0.2) is 59.7 Å². The summed E-state index contributed by atoms with van der Waals surface area (Å²) < 4.78 is 1.63. The minimum Gasteiger partial charge on any atom is -0.390 e. The maximum Gasteiger partial charge on any atom is 0.261 e. The van der Waals surface area contributed by atoms with Gasteiger partial charge in [0.15, 0.2) is 5.69 Å². The van der Waals surface area contributed by atoms with Crippen LogP contribution in [0.4, 0.5) is 5.69 Å². The summed E-state index contributed by atoms with van der Waals surface area (Å²) in [6, 6.07) is 15.1. The molecule has 1 aromatic heterocycles. The van der Waals surface area contributed by atoms with Gasteiger partial charge in [-0.1, -0.05) is 36.4 Å². The molecule has 0 spiro atoms. The Hall–Kier alpha value is -3.05. The van der Waals surface area contributed by atoms with Crippen molar-refractivity contribution in [2.24, 2.45) is 0 Å². The van der Waals surface area contributed by atoms with Crippen molar-refractivity contribution in [3.63, 3.8) is 0 Å². The first-order chi connectivity index (χ1) is 15.9. The zero-order valence-electron chi connectivity index (χ0n) is 19.2. The molecule has 1 fully saturated rings. The molecule has 3 aromatic rings. The van der Waals surface area contributed by atoms with Gasteiger partial charge in [-0.3, -0.25) is 14.3 Å². The lowest BCUT2D eigenvalue weighted by atomic mass is 10.0. The Kier molecular flexibility index (Phi) is 6.89. The predicted molar refractivity (Wildman–Crippen MR) is 130 cm³/mol. The topological polar surface area (TPSA) is 74.8 Å². The van der Waals surface area contributed by atoms with Crippen LogP contribution in [0.3, 0.4) is 0 Å². The summed E-state index contributed by atoms with van der Waals surface area (Å²) >= 11 is 0. The van der Waals surface area contributed by atoms with E-state index < -0.39 is 11.6 Å². The third kappa shape index (κ3) is 5.48. The van der Waals surface area contributed by atoms with Crippen LogP contribution >= 0.6 is 0 Å². The van der Waals surface area contributed by atoms with Crippen molar-refractivity contribution < 1.29 is 5.11 Å². The highest BCUT2D eigenvalue weighted by Gasteiger charge is 2.31. The molecular formula is C26H31N5O2. The van der Waals surface area contributed by atoms with Crippen molar-refractivity contribution in [3.8, 4) is 0 Å². The van der Waals surface area contributed by atoms with E-state index in [0.717, 1.165) is 31.5 Å². The highest BCUT2D eigenvalue weighted by molar-refractivity contribution is 5.76. The summed E-state index contributed by atoms with van der Waals surface area (Å²) in [7, 11) is 0. The van der Waals surface area contributed by atoms with E-state index in [1.807, 2.05) is 56.3 Å². The lowest BCUT2D eigenvalue weighted by molar-refractivity contribution is 0.0622. The van der Waals surface area contributed by atoms with Gasteiger partial charge in [0.1, 0.15) is 0 Å². The van der Waals surface area contributed by atoms with Crippen LogP contribution in [-0.4, -0.2) is 50.3 Å². The lowest BCUT2D eigenvalue weighted by Crippen LogP contribution is -2.51. The molecule has 2 atom stereocenters. The van der Waals surface area contributed by atoms with Crippen molar-refractivity contribution in [1.82, 2.24) is 19.8 Å². The number of likely N-dealkylation sites (tertiary alicyclic amines) is 1. The number of aromatic nitrogens is 2. The molecule has 2 unspecified atom stereocenters. The fraction of sp³-hybridized carbons (Fsp3) is 0.423. The third-order valence-corrected chi connectivity index (χ3v) is 6.37. The monoisotopic (exact) mass is 445 g/mol. The molecule has 7 nitrogen and oxygen atoms in total. The van der Waals surface area contributed by atoms with E-state index >= 15 is 0 Å². The van der Waals surface area contributed by atoms with Gasteiger partial charge in [0.25, 0.3) is 5.56 Å². The first kappa shape index (κ1) is 23.1. The normalized spacial score (nSPS) is 17.8. The van der Waals surface area contributed by atoms with Crippen LogP contribution in [0, 0.1) is 6.57 Å². The number of hydrogen-bond donors (Lipinski definition) is 2. The van der Waals surface area contributed by atoms with Gasteiger partial charge in [0, 0.05) is 31.2 Å². The minimum atomic E-state index is -0.526. The smallest absolute Gasteiger partial charge is 0.261 e. The molecule has 2 aromatic carbocycles. The maximum absolute atomic E-state index is 12.8. The molecule has 0 amide bonds. The number of β-amino-alcohol motifs (C(OH)–C–C–N with tert-alkyl or cyclic N) is 1. The van der Waals surface area contributed by atoms with Crippen molar-refractivity contribution in [2.45, 2.75) is 57.5 Å². The molecule has 172 valence electrons. The third-order valence-electron chi connectivity index (χ3n) is 6.37. The van der Waals surface area contributed by atoms with E-state index in [4.69, 9.17) is 6.57 Å². The number of para-hydroxylation sites is 1. The number of aliphatic hydroxyl groups is 1. The number of rotatable bonds is 8. The van der Waals surface area contributed by atoms with E-state index in [0.29, 0.717) is 29.7 Å². The molecule has 1 saturated heterocycles. The molecular weight excluding hydrogens is 414 g/mol. The first-order valence-corrected chi connectivity index (χ1v) is 11.4. The van der Waals surface area contributed by atoms with Gasteiger partial charge in [0.05, 0.1) is 29.9 Å². The predicted octanol–water partition coefficient (Wildman–Crippen LogP) is 3.34. The first-order valence-electron chi connectivity index (χ1n) is 11.4. The fourth-order valence-electron chi connectivity index (χ4n) is 4.66. The van der Waals surface area contributed by atoms with E-state index in [1.54, 1.807) is 17.0 Å². The molecule has 0 aliphatic carbocycles. The van der Waals surface area contributed by atoms with Gasteiger partial charge in [-0.2, -0.15) is 0 Å². The van der Waals surface area contributed by atoms with Gasteiger partial charge in [-0.05, 0) is 50.9 Å². The Labute approximate surface area is 194 Å². The molecule has 0 bridgehead atoms. The largest absolute Gasteiger partial charge is 0.390 e. The van der Waals surface area contributed by atoms with Gasteiger partial charge in [-0.15, -0.1) is 0 Å². The SMILES string of the molecule is [C-]#[N+]c1cccc(CN2CCCC2C(O)CNC(C)(C)Cn2cnc3ccccc3c2=O)c1. The van der Waals surface area contributed by atoms with Gasteiger partial charge in [-0.25, -0.2) is 9.83 Å². The van der Waals surface area contributed by atoms with Gasteiger partial charge in [0.2, 0.25) is 0 Å². The van der Waals surface area contributed by atoms with E-state index in [1.165, 1.54) is 0 Å². The highest BCUT2D eigenvalue weighted by Crippen LogP contribution is 2.24. The van der Waals surface area contributed by atoms with Crippen molar-refractivity contribution >= 4 is 16.6 Å². The number of aliphatic hydroxyl groups excluding tert-OH is 1. The molecule has 7 heteroatoms. The number of hydrogen-bond acceptors (Lipinski definition) is 5. The lowest BCUT2D eigenvalue weighted by Gasteiger charge is -2.33.